The average Bonchev–Trinajstić information content (AvgIpc) is 2.69. The SMILES string of the molecule is CCNc1cc(C)nc(N2CCN(S(=O)(=O)c3cc(Cl)c(C)cc3OC)CC2)n1. The number of halogens is 1. The fourth-order valence-electron chi connectivity index (χ4n) is 3.23. The van der Waals surface area contributed by atoms with Crippen molar-refractivity contribution < 1.29 is 13.2 Å². The first-order valence-electron chi connectivity index (χ1n) is 9.45. The molecule has 1 aliphatic heterocycles. The van der Waals surface area contributed by atoms with E-state index in [0.29, 0.717) is 42.9 Å². The van der Waals surface area contributed by atoms with Crippen LogP contribution in [-0.4, -0.2) is 62.5 Å². The Kier molecular flexibility index (Phi) is 6.50. The Morgan fingerprint density at radius 1 is 1.14 bits per heavy atom. The number of benzene rings is 1. The van der Waals surface area contributed by atoms with Crippen LogP contribution in [0, 0.1) is 13.8 Å². The number of sulfonamides is 1. The first-order valence-corrected chi connectivity index (χ1v) is 11.3. The molecule has 29 heavy (non-hydrogen) atoms. The van der Waals surface area contributed by atoms with Gasteiger partial charge in [0.2, 0.25) is 16.0 Å². The Balaban J connectivity index is 1.80. The standard InChI is InChI=1S/C19H26ClN5O3S/c1-5-21-18-11-14(3)22-19(23-18)24-6-8-25(9-7-24)29(26,27)17-12-15(20)13(2)10-16(17)28-4/h10-12H,5-9H2,1-4H3,(H,21,22,23). The smallest absolute Gasteiger partial charge is 0.246 e. The topological polar surface area (TPSA) is 87.7 Å². The Hall–Kier alpha value is -2.10. The molecule has 1 saturated heterocycles. The summed E-state index contributed by atoms with van der Waals surface area (Å²) < 4.78 is 33.1. The van der Waals surface area contributed by atoms with Crippen molar-refractivity contribution in [2.24, 2.45) is 0 Å². The van der Waals surface area contributed by atoms with E-state index in [9.17, 15) is 8.42 Å². The Bertz CT molecular complexity index is 992. The highest BCUT2D eigenvalue weighted by atomic mass is 35.5. The van der Waals surface area contributed by atoms with Gasteiger partial charge in [-0.05, 0) is 38.5 Å². The molecule has 0 radical (unpaired) electrons. The van der Waals surface area contributed by atoms with Gasteiger partial charge >= 0.3 is 0 Å². The van der Waals surface area contributed by atoms with Crippen molar-refractivity contribution in [2.45, 2.75) is 25.7 Å². The lowest BCUT2D eigenvalue weighted by Gasteiger charge is -2.34. The fourth-order valence-corrected chi connectivity index (χ4v) is 5.05. The van der Waals surface area contributed by atoms with Crippen molar-refractivity contribution in [3.8, 4) is 5.75 Å². The third kappa shape index (κ3) is 4.57. The summed E-state index contributed by atoms with van der Waals surface area (Å²) in [6.45, 7) is 8.14. The van der Waals surface area contributed by atoms with Crippen molar-refractivity contribution in [3.63, 3.8) is 0 Å². The van der Waals surface area contributed by atoms with Gasteiger partial charge in [-0.1, -0.05) is 11.6 Å². The normalized spacial score (nSPS) is 15.4. The lowest BCUT2D eigenvalue weighted by Crippen LogP contribution is -2.49. The number of hydrogen-bond acceptors (Lipinski definition) is 7. The average molecular weight is 440 g/mol. The molecule has 2 aromatic rings. The van der Waals surface area contributed by atoms with Gasteiger partial charge in [-0.25, -0.2) is 13.4 Å². The quantitative estimate of drug-likeness (QED) is 0.740. The molecule has 0 spiro atoms. The number of hydrogen-bond donors (Lipinski definition) is 1. The summed E-state index contributed by atoms with van der Waals surface area (Å²) >= 11 is 6.18. The van der Waals surface area contributed by atoms with Gasteiger partial charge in [-0.3, -0.25) is 0 Å². The minimum Gasteiger partial charge on any atom is -0.495 e. The predicted molar refractivity (Wildman–Crippen MR) is 115 cm³/mol. The predicted octanol–water partition coefficient (Wildman–Crippen LogP) is 2.70. The van der Waals surface area contributed by atoms with Crippen LogP contribution in [0.5, 0.6) is 5.75 Å². The molecule has 1 aromatic heterocycles. The number of piperazine rings is 1. The van der Waals surface area contributed by atoms with Crippen LogP contribution in [0.1, 0.15) is 18.2 Å². The molecule has 158 valence electrons. The van der Waals surface area contributed by atoms with Gasteiger partial charge < -0.3 is 15.0 Å². The van der Waals surface area contributed by atoms with Gasteiger partial charge in [0.1, 0.15) is 16.5 Å². The Morgan fingerprint density at radius 3 is 2.45 bits per heavy atom. The summed E-state index contributed by atoms with van der Waals surface area (Å²) in [7, 11) is -2.28. The molecule has 0 bridgehead atoms. The second-order valence-electron chi connectivity index (χ2n) is 6.87. The largest absolute Gasteiger partial charge is 0.495 e. The van der Waals surface area contributed by atoms with E-state index in [1.165, 1.54) is 17.5 Å². The van der Waals surface area contributed by atoms with Crippen molar-refractivity contribution in [2.75, 3.05) is 50.1 Å². The van der Waals surface area contributed by atoms with Crippen molar-refractivity contribution in [1.82, 2.24) is 14.3 Å². The molecular formula is C19H26ClN5O3S. The summed E-state index contributed by atoms with van der Waals surface area (Å²) in [6.07, 6.45) is 0. The Labute approximate surface area is 176 Å². The number of nitrogens with one attached hydrogen (secondary N) is 1. The van der Waals surface area contributed by atoms with E-state index in [1.54, 1.807) is 6.07 Å². The van der Waals surface area contributed by atoms with E-state index in [2.05, 4.69) is 15.3 Å². The van der Waals surface area contributed by atoms with E-state index in [1.807, 2.05) is 31.7 Å². The minimum absolute atomic E-state index is 0.0882. The maximum atomic E-state index is 13.2. The van der Waals surface area contributed by atoms with Crippen LogP contribution in [-0.2, 0) is 10.0 Å². The van der Waals surface area contributed by atoms with Gasteiger partial charge in [0.25, 0.3) is 0 Å². The highest BCUT2D eigenvalue weighted by Gasteiger charge is 2.32. The number of anilines is 2. The summed E-state index contributed by atoms with van der Waals surface area (Å²) in [6, 6.07) is 5.00. The van der Waals surface area contributed by atoms with Crippen LogP contribution < -0.4 is 15.0 Å². The first kappa shape index (κ1) is 21.6. The van der Waals surface area contributed by atoms with Gasteiger partial charge in [0.05, 0.1) is 7.11 Å². The molecule has 1 fully saturated rings. The summed E-state index contributed by atoms with van der Waals surface area (Å²) in [4.78, 5) is 11.1. The van der Waals surface area contributed by atoms with E-state index in [-0.39, 0.29) is 4.90 Å². The molecule has 0 unspecified atom stereocenters. The van der Waals surface area contributed by atoms with E-state index >= 15 is 0 Å². The van der Waals surface area contributed by atoms with E-state index in [4.69, 9.17) is 16.3 Å². The second-order valence-corrected chi connectivity index (χ2v) is 9.18. The minimum atomic E-state index is -3.73. The second kappa shape index (κ2) is 8.73. The highest BCUT2D eigenvalue weighted by molar-refractivity contribution is 7.89. The molecule has 0 aliphatic carbocycles. The molecule has 1 aromatic carbocycles. The van der Waals surface area contributed by atoms with Gasteiger partial charge in [-0.2, -0.15) is 9.29 Å². The number of rotatable bonds is 6. The fraction of sp³-hybridized carbons (Fsp3) is 0.474. The van der Waals surface area contributed by atoms with Crippen molar-refractivity contribution in [3.05, 3.63) is 34.5 Å². The monoisotopic (exact) mass is 439 g/mol. The zero-order valence-corrected chi connectivity index (χ0v) is 18.6. The van der Waals surface area contributed by atoms with Crippen LogP contribution in [0.2, 0.25) is 5.02 Å². The maximum Gasteiger partial charge on any atom is 0.246 e. The molecule has 0 atom stereocenters. The zero-order valence-electron chi connectivity index (χ0n) is 17.1. The number of aromatic nitrogens is 2. The van der Waals surface area contributed by atoms with Gasteiger partial charge in [0, 0.05) is 49.5 Å². The Morgan fingerprint density at radius 2 is 1.83 bits per heavy atom. The van der Waals surface area contributed by atoms with Crippen LogP contribution >= 0.6 is 11.6 Å². The lowest BCUT2D eigenvalue weighted by atomic mass is 10.2. The molecule has 0 amide bonds. The molecule has 3 rings (SSSR count). The number of aryl methyl sites for hydroxylation is 2. The van der Waals surface area contributed by atoms with E-state index < -0.39 is 10.0 Å². The summed E-state index contributed by atoms with van der Waals surface area (Å²) in [5.41, 5.74) is 1.63. The number of ether oxygens (including phenoxy) is 1. The molecule has 1 N–H and O–H groups in total. The van der Waals surface area contributed by atoms with Crippen LogP contribution in [0.25, 0.3) is 0 Å². The third-order valence-corrected chi connectivity index (χ3v) is 7.11. The highest BCUT2D eigenvalue weighted by Crippen LogP contribution is 2.32. The number of nitrogens with zero attached hydrogens (tertiary/aromatic N) is 4. The molecule has 2 heterocycles. The number of methoxy groups -OCH3 is 1. The summed E-state index contributed by atoms with van der Waals surface area (Å²) in [5, 5.41) is 3.59. The molecule has 10 heteroatoms. The molecular weight excluding hydrogens is 414 g/mol. The molecule has 1 aliphatic rings. The van der Waals surface area contributed by atoms with Crippen LogP contribution in [0.4, 0.5) is 11.8 Å². The first-order chi connectivity index (χ1) is 13.8. The zero-order chi connectivity index (χ0) is 21.2. The van der Waals surface area contributed by atoms with E-state index in [0.717, 1.165) is 23.6 Å². The van der Waals surface area contributed by atoms with Gasteiger partial charge in [0.15, 0.2) is 0 Å². The van der Waals surface area contributed by atoms with Crippen LogP contribution in [0.3, 0.4) is 0 Å². The van der Waals surface area contributed by atoms with Crippen molar-refractivity contribution in [1.29, 1.82) is 0 Å². The third-order valence-electron chi connectivity index (χ3n) is 4.78. The van der Waals surface area contributed by atoms with Crippen molar-refractivity contribution >= 4 is 33.4 Å². The molecule has 0 saturated carbocycles. The maximum absolute atomic E-state index is 13.2. The van der Waals surface area contributed by atoms with Gasteiger partial charge in [-0.15, -0.1) is 0 Å². The summed E-state index contributed by atoms with van der Waals surface area (Å²) in [5.74, 6) is 1.67. The lowest BCUT2D eigenvalue weighted by molar-refractivity contribution is 0.372. The molecule has 8 nitrogen and oxygen atoms in total. The van der Waals surface area contributed by atoms with Crippen LogP contribution in [0.15, 0.2) is 23.1 Å².